The number of carbonyl (C=O) groups is 1. The van der Waals surface area contributed by atoms with Crippen LogP contribution >= 0.6 is 0 Å². The van der Waals surface area contributed by atoms with E-state index in [0.717, 1.165) is 5.56 Å². The van der Waals surface area contributed by atoms with E-state index in [-0.39, 0.29) is 11.5 Å². The molecule has 0 saturated carbocycles. The minimum absolute atomic E-state index is 0.104. The van der Waals surface area contributed by atoms with Crippen LogP contribution in [0.25, 0.3) is 0 Å². The highest BCUT2D eigenvalue weighted by Gasteiger charge is 2.18. The van der Waals surface area contributed by atoms with Gasteiger partial charge in [0.15, 0.2) is 0 Å². The third kappa shape index (κ3) is 4.22. The van der Waals surface area contributed by atoms with Gasteiger partial charge in [-0.1, -0.05) is 24.3 Å². The molecular formula is C16H17NO4. The van der Waals surface area contributed by atoms with Crippen molar-refractivity contribution in [2.24, 2.45) is 0 Å². The molecule has 0 aromatic heterocycles. The summed E-state index contributed by atoms with van der Waals surface area (Å²) in [6.07, 6.45) is 0.655. The molecule has 0 amide bonds. The van der Waals surface area contributed by atoms with E-state index in [4.69, 9.17) is 0 Å². The van der Waals surface area contributed by atoms with E-state index in [1.54, 1.807) is 36.4 Å². The summed E-state index contributed by atoms with van der Waals surface area (Å²) in [4.78, 5) is 11.3. The molecule has 0 saturated heterocycles. The molecule has 5 heteroatoms. The van der Waals surface area contributed by atoms with Gasteiger partial charge in [0.2, 0.25) is 0 Å². The van der Waals surface area contributed by atoms with Crippen molar-refractivity contribution < 1.29 is 20.1 Å². The van der Waals surface area contributed by atoms with E-state index in [9.17, 15) is 20.1 Å². The maximum Gasteiger partial charge on any atom is 0.325 e. The second kappa shape index (κ2) is 6.76. The van der Waals surface area contributed by atoms with Crippen LogP contribution in [0.3, 0.4) is 0 Å². The summed E-state index contributed by atoms with van der Waals surface area (Å²) < 4.78 is 0. The van der Waals surface area contributed by atoms with Gasteiger partial charge in [-0.05, 0) is 41.8 Å². The molecular weight excluding hydrogens is 270 g/mol. The Kier molecular flexibility index (Phi) is 4.79. The summed E-state index contributed by atoms with van der Waals surface area (Å²) >= 11 is 0. The lowest BCUT2D eigenvalue weighted by molar-refractivity contribution is -0.139. The fourth-order valence-corrected chi connectivity index (χ4v) is 2.04. The molecule has 21 heavy (non-hydrogen) atoms. The Morgan fingerprint density at radius 2 is 1.48 bits per heavy atom. The highest BCUT2D eigenvalue weighted by molar-refractivity contribution is 5.75. The number of phenols is 2. The quantitative estimate of drug-likeness (QED) is 0.653. The van der Waals surface area contributed by atoms with Gasteiger partial charge in [0.25, 0.3) is 0 Å². The maximum atomic E-state index is 11.3. The van der Waals surface area contributed by atoms with Crippen molar-refractivity contribution in [3.05, 3.63) is 59.7 Å². The molecule has 5 nitrogen and oxygen atoms in total. The molecule has 4 N–H and O–H groups in total. The molecule has 2 aromatic rings. The second-order valence-corrected chi connectivity index (χ2v) is 4.73. The van der Waals surface area contributed by atoms with Gasteiger partial charge in [-0.3, -0.25) is 4.79 Å². The van der Waals surface area contributed by atoms with E-state index in [1.807, 2.05) is 0 Å². The van der Waals surface area contributed by atoms with E-state index in [0.29, 0.717) is 18.5 Å². The Morgan fingerprint density at radius 1 is 0.952 bits per heavy atom. The first-order valence-corrected chi connectivity index (χ1v) is 6.59. The fraction of sp³-hybridized carbons (Fsp3) is 0.188. The monoisotopic (exact) mass is 287 g/mol. The van der Waals surface area contributed by atoms with Gasteiger partial charge < -0.3 is 20.6 Å². The van der Waals surface area contributed by atoms with Crippen LogP contribution in [0.15, 0.2) is 48.5 Å². The Labute approximate surface area is 122 Å². The van der Waals surface area contributed by atoms with Crippen LogP contribution in [0, 0.1) is 0 Å². The number of nitrogens with one attached hydrogen (secondary N) is 1. The van der Waals surface area contributed by atoms with Crippen molar-refractivity contribution >= 4 is 5.97 Å². The van der Waals surface area contributed by atoms with Crippen LogP contribution < -0.4 is 5.32 Å². The molecule has 2 rings (SSSR count). The van der Waals surface area contributed by atoms with Crippen molar-refractivity contribution in [2.45, 2.75) is 12.5 Å². The lowest BCUT2D eigenvalue weighted by Gasteiger charge is -2.15. The molecule has 0 spiro atoms. The zero-order valence-electron chi connectivity index (χ0n) is 11.4. The van der Waals surface area contributed by atoms with Crippen molar-refractivity contribution in [3.63, 3.8) is 0 Å². The Bertz CT molecular complexity index is 593. The molecule has 0 bridgehead atoms. The number of carboxylic acid groups (broad SMARTS) is 1. The first-order valence-electron chi connectivity index (χ1n) is 6.59. The largest absolute Gasteiger partial charge is 0.508 e. The predicted octanol–water partition coefficient (Wildman–Crippen LogP) is 2.06. The normalized spacial score (nSPS) is 12.0. The smallest absolute Gasteiger partial charge is 0.325 e. The van der Waals surface area contributed by atoms with E-state index < -0.39 is 12.0 Å². The minimum Gasteiger partial charge on any atom is -0.508 e. The molecule has 2 aromatic carbocycles. The van der Waals surface area contributed by atoms with Gasteiger partial charge in [-0.15, -0.1) is 0 Å². The number of hydrogen-bond acceptors (Lipinski definition) is 4. The fourth-order valence-electron chi connectivity index (χ4n) is 2.04. The van der Waals surface area contributed by atoms with Gasteiger partial charge in [-0.25, -0.2) is 0 Å². The van der Waals surface area contributed by atoms with Crippen LogP contribution in [0.4, 0.5) is 0 Å². The number of carboxylic acids is 1. The van der Waals surface area contributed by atoms with E-state index >= 15 is 0 Å². The van der Waals surface area contributed by atoms with Crippen molar-refractivity contribution in [1.29, 1.82) is 0 Å². The molecule has 0 radical (unpaired) electrons. The Hall–Kier alpha value is -2.53. The maximum absolute atomic E-state index is 11.3. The Morgan fingerprint density at radius 3 is 2.00 bits per heavy atom. The van der Waals surface area contributed by atoms with Crippen molar-refractivity contribution in [1.82, 2.24) is 5.32 Å². The topological polar surface area (TPSA) is 89.8 Å². The summed E-state index contributed by atoms with van der Waals surface area (Å²) in [6.45, 7) is 0.489. The Balaban J connectivity index is 1.96. The molecule has 110 valence electrons. The summed E-state index contributed by atoms with van der Waals surface area (Å²) in [5, 5.41) is 30.7. The lowest BCUT2D eigenvalue weighted by atomic mass is 10.1. The highest BCUT2D eigenvalue weighted by atomic mass is 16.4. The lowest BCUT2D eigenvalue weighted by Crippen LogP contribution is -2.30. The third-order valence-electron chi connectivity index (χ3n) is 3.17. The SMILES string of the molecule is O=C(O)C(NCCc1ccc(O)cc1)c1ccc(O)cc1. The van der Waals surface area contributed by atoms with Gasteiger partial charge in [-0.2, -0.15) is 0 Å². The zero-order valence-corrected chi connectivity index (χ0v) is 11.4. The number of hydrogen-bond donors (Lipinski definition) is 4. The summed E-state index contributed by atoms with van der Waals surface area (Å²) in [7, 11) is 0. The van der Waals surface area contributed by atoms with Crippen LogP contribution in [0.1, 0.15) is 17.2 Å². The van der Waals surface area contributed by atoms with Crippen molar-refractivity contribution in [3.8, 4) is 11.5 Å². The average molecular weight is 287 g/mol. The van der Waals surface area contributed by atoms with Crippen LogP contribution in [-0.4, -0.2) is 27.8 Å². The van der Waals surface area contributed by atoms with Crippen LogP contribution in [0.2, 0.25) is 0 Å². The average Bonchev–Trinajstić information content (AvgIpc) is 2.46. The zero-order chi connectivity index (χ0) is 15.2. The van der Waals surface area contributed by atoms with Gasteiger partial charge in [0.1, 0.15) is 17.5 Å². The molecule has 0 fully saturated rings. The molecule has 1 atom stereocenters. The first-order chi connectivity index (χ1) is 10.1. The summed E-state index contributed by atoms with van der Waals surface area (Å²) in [5.41, 5.74) is 1.60. The number of rotatable bonds is 6. The second-order valence-electron chi connectivity index (χ2n) is 4.73. The summed E-state index contributed by atoms with van der Waals surface area (Å²) in [6, 6.07) is 12.1. The molecule has 1 unspecified atom stereocenters. The molecule has 0 aliphatic carbocycles. The number of aromatic hydroxyl groups is 2. The van der Waals surface area contributed by atoms with E-state index in [1.165, 1.54) is 12.1 Å². The summed E-state index contributed by atoms with van der Waals surface area (Å²) in [5.74, 6) is -0.655. The predicted molar refractivity (Wildman–Crippen MR) is 78.3 cm³/mol. The highest BCUT2D eigenvalue weighted by Crippen LogP contribution is 2.17. The third-order valence-corrected chi connectivity index (χ3v) is 3.17. The van der Waals surface area contributed by atoms with Crippen LogP contribution in [-0.2, 0) is 11.2 Å². The number of phenolic OH excluding ortho intramolecular Hbond substituents is 2. The minimum atomic E-state index is -0.966. The molecule has 0 aliphatic heterocycles. The molecule has 0 aliphatic rings. The standard InChI is InChI=1S/C16H17NO4/c18-13-5-1-11(2-6-13)9-10-17-15(16(20)21)12-3-7-14(19)8-4-12/h1-8,15,17-19H,9-10H2,(H,20,21). The number of aliphatic carboxylic acids is 1. The van der Waals surface area contributed by atoms with Crippen LogP contribution in [0.5, 0.6) is 11.5 Å². The van der Waals surface area contributed by atoms with Gasteiger partial charge in [0.05, 0.1) is 0 Å². The van der Waals surface area contributed by atoms with E-state index in [2.05, 4.69) is 5.32 Å². The van der Waals surface area contributed by atoms with Gasteiger partial charge in [0, 0.05) is 6.54 Å². The molecule has 0 heterocycles. The van der Waals surface area contributed by atoms with Gasteiger partial charge >= 0.3 is 5.97 Å². The first kappa shape index (κ1) is 14.9. The number of benzene rings is 2. The van der Waals surface area contributed by atoms with Crippen molar-refractivity contribution in [2.75, 3.05) is 6.54 Å².